The Hall–Kier alpha value is -3.58. The molecule has 0 saturated carbocycles. The molecule has 34 heavy (non-hydrogen) atoms. The average Bonchev–Trinajstić information content (AvgIpc) is 3.30. The lowest BCUT2D eigenvalue weighted by molar-refractivity contribution is 0.0744. The van der Waals surface area contributed by atoms with E-state index in [0.717, 1.165) is 41.5 Å². The van der Waals surface area contributed by atoms with Crippen LogP contribution < -0.4 is 9.64 Å². The highest BCUT2D eigenvalue weighted by Gasteiger charge is 2.26. The maximum Gasteiger partial charge on any atom is 0.257 e. The van der Waals surface area contributed by atoms with Gasteiger partial charge in [-0.15, -0.1) is 0 Å². The number of rotatable bonds is 5. The number of aryl methyl sites for hydroxylation is 1. The fourth-order valence-electron chi connectivity index (χ4n) is 4.34. The molecule has 0 spiro atoms. The van der Waals surface area contributed by atoms with E-state index in [1.807, 2.05) is 67.3 Å². The summed E-state index contributed by atoms with van der Waals surface area (Å²) in [5.74, 6) is 0.860. The van der Waals surface area contributed by atoms with E-state index in [2.05, 4.69) is 16.0 Å². The first-order valence-electron chi connectivity index (χ1n) is 11.4. The van der Waals surface area contributed by atoms with E-state index in [4.69, 9.17) is 21.4 Å². The van der Waals surface area contributed by atoms with Gasteiger partial charge in [-0.05, 0) is 38.1 Å². The van der Waals surface area contributed by atoms with Crippen molar-refractivity contribution < 1.29 is 9.53 Å². The van der Waals surface area contributed by atoms with Gasteiger partial charge in [0.2, 0.25) is 0 Å². The van der Waals surface area contributed by atoms with E-state index in [1.54, 1.807) is 10.7 Å². The summed E-state index contributed by atoms with van der Waals surface area (Å²) in [7, 11) is 0. The summed E-state index contributed by atoms with van der Waals surface area (Å²) in [6.45, 7) is 7.27. The third kappa shape index (κ3) is 4.19. The van der Waals surface area contributed by atoms with E-state index in [-0.39, 0.29) is 5.91 Å². The summed E-state index contributed by atoms with van der Waals surface area (Å²) in [6.07, 6.45) is 1.66. The maximum absolute atomic E-state index is 13.4. The van der Waals surface area contributed by atoms with Gasteiger partial charge in [-0.1, -0.05) is 35.9 Å². The van der Waals surface area contributed by atoms with Crippen LogP contribution in [0.4, 0.5) is 5.69 Å². The number of nitrogens with zero attached hydrogens (tertiary/aromatic N) is 5. The summed E-state index contributed by atoms with van der Waals surface area (Å²) in [5, 5.41) is 5.37. The number of hydrogen-bond acceptors (Lipinski definition) is 5. The number of piperazine rings is 1. The van der Waals surface area contributed by atoms with E-state index in [1.165, 1.54) is 0 Å². The van der Waals surface area contributed by atoms with E-state index < -0.39 is 0 Å². The van der Waals surface area contributed by atoms with Crippen LogP contribution in [0, 0.1) is 6.92 Å². The molecule has 8 heteroatoms. The number of halogens is 1. The number of hydrogen-bond donors (Lipinski definition) is 0. The highest BCUT2D eigenvalue weighted by Crippen LogP contribution is 2.29. The van der Waals surface area contributed by atoms with Crippen LogP contribution in [-0.4, -0.2) is 58.2 Å². The lowest BCUT2D eigenvalue weighted by Crippen LogP contribution is -2.49. The molecule has 0 radical (unpaired) electrons. The first-order chi connectivity index (χ1) is 16.5. The van der Waals surface area contributed by atoms with Crippen LogP contribution in [0.15, 0.2) is 60.8 Å². The second-order valence-electron chi connectivity index (χ2n) is 8.24. The molecular formula is C26H26ClN5O2. The van der Waals surface area contributed by atoms with Crippen LogP contribution in [0.25, 0.3) is 16.9 Å². The van der Waals surface area contributed by atoms with Gasteiger partial charge < -0.3 is 14.5 Å². The average molecular weight is 476 g/mol. The molecule has 0 N–H and O–H groups in total. The summed E-state index contributed by atoms with van der Waals surface area (Å²) in [6, 6.07) is 17.5. The molecule has 2 aromatic carbocycles. The Labute approximate surface area is 203 Å². The molecule has 0 bridgehead atoms. The second-order valence-corrected chi connectivity index (χ2v) is 8.68. The summed E-state index contributed by atoms with van der Waals surface area (Å²) < 4.78 is 7.53. The van der Waals surface area contributed by atoms with E-state index >= 15 is 0 Å². The van der Waals surface area contributed by atoms with Gasteiger partial charge in [0.25, 0.3) is 5.91 Å². The quantitative estimate of drug-likeness (QED) is 0.418. The van der Waals surface area contributed by atoms with E-state index in [9.17, 15) is 4.79 Å². The second kappa shape index (κ2) is 9.35. The van der Waals surface area contributed by atoms with Crippen molar-refractivity contribution in [2.45, 2.75) is 13.8 Å². The zero-order chi connectivity index (χ0) is 23.7. The molecule has 1 aliphatic heterocycles. The van der Waals surface area contributed by atoms with Crippen LogP contribution in [0.5, 0.6) is 5.75 Å². The number of carbonyl (C=O) groups is 1. The van der Waals surface area contributed by atoms with Crippen molar-refractivity contribution in [3.63, 3.8) is 0 Å². The Kier molecular flexibility index (Phi) is 6.11. The van der Waals surface area contributed by atoms with Crippen molar-refractivity contribution >= 4 is 28.8 Å². The molecule has 5 rings (SSSR count). The van der Waals surface area contributed by atoms with Gasteiger partial charge in [0.15, 0.2) is 5.65 Å². The highest BCUT2D eigenvalue weighted by molar-refractivity contribution is 6.30. The first-order valence-corrected chi connectivity index (χ1v) is 11.8. The lowest BCUT2D eigenvalue weighted by Gasteiger charge is -2.36. The third-order valence-corrected chi connectivity index (χ3v) is 6.42. The van der Waals surface area contributed by atoms with Gasteiger partial charge in [0.05, 0.1) is 29.2 Å². The Balaban J connectivity index is 1.34. The van der Waals surface area contributed by atoms with Gasteiger partial charge in [-0.2, -0.15) is 5.10 Å². The smallest absolute Gasteiger partial charge is 0.257 e. The number of benzene rings is 2. The molecule has 1 saturated heterocycles. The van der Waals surface area contributed by atoms with Crippen molar-refractivity contribution in [2.24, 2.45) is 0 Å². The van der Waals surface area contributed by atoms with Crippen LogP contribution in [0.2, 0.25) is 5.02 Å². The fourth-order valence-corrected chi connectivity index (χ4v) is 4.46. The largest absolute Gasteiger partial charge is 0.492 e. The van der Waals surface area contributed by atoms with Gasteiger partial charge in [-0.25, -0.2) is 9.50 Å². The Bertz CT molecular complexity index is 1330. The molecule has 3 heterocycles. The molecule has 0 unspecified atom stereocenters. The van der Waals surface area contributed by atoms with Crippen molar-refractivity contribution in [3.05, 3.63) is 77.1 Å². The summed E-state index contributed by atoms with van der Waals surface area (Å²) in [5.41, 5.74) is 4.86. The number of ether oxygens (including phenoxy) is 1. The third-order valence-electron chi connectivity index (χ3n) is 6.17. The lowest BCUT2D eigenvalue weighted by atomic mass is 10.1. The topological polar surface area (TPSA) is 63.0 Å². The van der Waals surface area contributed by atoms with E-state index in [0.29, 0.717) is 35.9 Å². The van der Waals surface area contributed by atoms with Crippen molar-refractivity contribution in [2.75, 3.05) is 37.7 Å². The van der Waals surface area contributed by atoms with Gasteiger partial charge in [-0.3, -0.25) is 4.79 Å². The monoisotopic (exact) mass is 475 g/mol. The zero-order valence-electron chi connectivity index (χ0n) is 19.2. The number of aromatic nitrogens is 3. The number of amides is 1. The van der Waals surface area contributed by atoms with Gasteiger partial charge in [0, 0.05) is 49.0 Å². The van der Waals surface area contributed by atoms with Crippen LogP contribution in [0.1, 0.15) is 23.0 Å². The van der Waals surface area contributed by atoms with Crippen LogP contribution in [0.3, 0.4) is 0 Å². The number of fused-ring (bicyclic) bond motifs is 1. The number of carbonyl (C=O) groups excluding carboxylic acids is 1. The molecule has 0 atom stereocenters. The predicted molar refractivity (Wildman–Crippen MR) is 134 cm³/mol. The summed E-state index contributed by atoms with van der Waals surface area (Å²) >= 11 is 6.01. The van der Waals surface area contributed by atoms with Crippen molar-refractivity contribution in [1.82, 2.24) is 19.5 Å². The summed E-state index contributed by atoms with van der Waals surface area (Å²) in [4.78, 5) is 22.1. The minimum atomic E-state index is -0.0202. The number of para-hydroxylation sites is 2. The van der Waals surface area contributed by atoms with Crippen molar-refractivity contribution in [3.8, 4) is 17.0 Å². The molecule has 174 valence electrons. The Morgan fingerprint density at radius 3 is 2.53 bits per heavy atom. The van der Waals surface area contributed by atoms with Gasteiger partial charge >= 0.3 is 0 Å². The standard InChI is InChI=1S/C26H26ClN5O2/c1-3-34-24-7-5-4-6-23(24)30-12-14-31(15-13-30)26(33)21-17-28-25-16-22(29-32(25)18(21)2)19-8-10-20(27)11-9-19/h4-11,16-17H,3,12-15H2,1-2H3. The number of anilines is 1. The molecular weight excluding hydrogens is 450 g/mol. The SMILES string of the molecule is CCOc1ccccc1N1CCN(C(=O)c2cnc3cc(-c4ccc(Cl)cc4)nn3c2C)CC1. The minimum Gasteiger partial charge on any atom is -0.492 e. The van der Waals surface area contributed by atoms with Crippen molar-refractivity contribution in [1.29, 1.82) is 0 Å². The van der Waals surface area contributed by atoms with Crippen LogP contribution >= 0.6 is 11.6 Å². The highest BCUT2D eigenvalue weighted by atomic mass is 35.5. The van der Waals surface area contributed by atoms with Crippen LogP contribution in [-0.2, 0) is 0 Å². The molecule has 1 aliphatic rings. The molecule has 1 amide bonds. The van der Waals surface area contributed by atoms with Gasteiger partial charge in [0.1, 0.15) is 5.75 Å². The molecule has 7 nitrogen and oxygen atoms in total. The first kappa shape index (κ1) is 22.2. The predicted octanol–water partition coefficient (Wildman–Crippen LogP) is 4.72. The molecule has 1 fully saturated rings. The maximum atomic E-state index is 13.4. The molecule has 0 aliphatic carbocycles. The normalized spacial score (nSPS) is 14.0. The zero-order valence-corrected chi connectivity index (χ0v) is 20.0. The molecule has 4 aromatic rings. The fraction of sp³-hybridized carbons (Fsp3) is 0.269. The Morgan fingerprint density at radius 1 is 1.06 bits per heavy atom. The Morgan fingerprint density at radius 2 is 1.79 bits per heavy atom. The minimum absolute atomic E-state index is 0.0202. The molecule has 2 aromatic heterocycles.